The van der Waals surface area contributed by atoms with Crippen LogP contribution in [0, 0.1) is 22.0 Å². The number of aliphatic carboxylic acids is 1. The van der Waals surface area contributed by atoms with Gasteiger partial charge in [-0.05, 0) is 23.9 Å². The standard InChI is InChI=1S/C21H19N3O7S/c1-21(20(28)29)16-15(18(26)22(2)19(16)27)17(11-5-3-6-12(9-11)24(30)31)23(21)14(25)10-13-7-4-8-32-13/h3-9,15-17H,10H2,1-2H3,(H,28,29). The van der Waals surface area contributed by atoms with Crippen LogP contribution in [0.25, 0.3) is 0 Å². The first-order chi connectivity index (χ1) is 15.1. The molecular weight excluding hydrogens is 438 g/mol. The van der Waals surface area contributed by atoms with Crippen molar-refractivity contribution in [1.82, 2.24) is 9.80 Å². The van der Waals surface area contributed by atoms with Gasteiger partial charge < -0.3 is 10.0 Å². The third-order valence-corrected chi connectivity index (χ3v) is 7.20. The molecule has 0 radical (unpaired) electrons. The van der Waals surface area contributed by atoms with E-state index < -0.39 is 52.0 Å². The molecule has 0 aliphatic carbocycles. The number of hydrogen-bond donors (Lipinski definition) is 1. The lowest BCUT2D eigenvalue weighted by atomic mass is 9.80. The summed E-state index contributed by atoms with van der Waals surface area (Å²) in [5.74, 6) is -5.78. The number of carboxylic acid groups (broad SMARTS) is 1. The molecule has 2 aliphatic rings. The lowest BCUT2D eigenvalue weighted by molar-refractivity contribution is -0.385. The van der Waals surface area contributed by atoms with Crippen LogP contribution in [0.15, 0.2) is 41.8 Å². The van der Waals surface area contributed by atoms with E-state index in [0.717, 1.165) is 9.80 Å². The maximum Gasteiger partial charge on any atom is 0.330 e. The second-order valence-corrected chi connectivity index (χ2v) is 9.04. The quantitative estimate of drug-likeness (QED) is 0.411. The van der Waals surface area contributed by atoms with E-state index in [1.165, 1.54) is 49.6 Å². The van der Waals surface area contributed by atoms with Crippen LogP contribution in [0.2, 0.25) is 0 Å². The van der Waals surface area contributed by atoms with Gasteiger partial charge in [0.15, 0.2) is 5.54 Å². The number of nitrogens with zero attached hydrogens (tertiary/aromatic N) is 3. The van der Waals surface area contributed by atoms with Crippen LogP contribution in [0.1, 0.15) is 23.4 Å². The number of nitro benzene ring substituents is 1. The van der Waals surface area contributed by atoms with Gasteiger partial charge in [0.2, 0.25) is 17.7 Å². The second-order valence-electron chi connectivity index (χ2n) is 8.01. The van der Waals surface area contributed by atoms with Gasteiger partial charge in [0, 0.05) is 24.1 Å². The lowest BCUT2D eigenvalue weighted by Gasteiger charge is -2.38. The number of carbonyl (C=O) groups excluding carboxylic acids is 3. The number of likely N-dealkylation sites (tertiary alicyclic amines) is 2. The minimum Gasteiger partial charge on any atom is -0.479 e. The Hall–Kier alpha value is -3.60. The normalized spacial score (nSPS) is 27.0. The average Bonchev–Trinajstić information content (AvgIpc) is 3.41. The monoisotopic (exact) mass is 457 g/mol. The van der Waals surface area contributed by atoms with Crippen molar-refractivity contribution in [3.63, 3.8) is 0 Å². The number of imide groups is 1. The molecule has 3 heterocycles. The first-order valence-electron chi connectivity index (χ1n) is 9.72. The summed E-state index contributed by atoms with van der Waals surface area (Å²) in [6.45, 7) is 1.26. The largest absolute Gasteiger partial charge is 0.479 e. The van der Waals surface area contributed by atoms with Crippen molar-refractivity contribution >= 4 is 40.7 Å². The number of benzene rings is 1. The van der Waals surface area contributed by atoms with Crippen LogP contribution < -0.4 is 0 Å². The van der Waals surface area contributed by atoms with Gasteiger partial charge in [-0.2, -0.15) is 0 Å². The van der Waals surface area contributed by atoms with Gasteiger partial charge in [0.25, 0.3) is 5.69 Å². The molecule has 2 fully saturated rings. The minimum absolute atomic E-state index is 0.121. The summed E-state index contributed by atoms with van der Waals surface area (Å²) in [7, 11) is 1.27. The molecular formula is C21H19N3O7S. The van der Waals surface area contributed by atoms with Gasteiger partial charge in [0.05, 0.1) is 29.2 Å². The summed E-state index contributed by atoms with van der Waals surface area (Å²) >= 11 is 1.32. The molecule has 2 aliphatic heterocycles. The fourth-order valence-electron chi connectivity index (χ4n) is 4.82. The molecule has 3 amide bonds. The summed E-state index contributed by atoms with van der Waals surface area (Å²) in [5.41, 5.74) is -2.04. The third-order valence-electron chi connectivity index (χ3n) is 6.33. The molecule has 1 aromatic carbocycles. The summed E-state index contributed by atoms with van der Waals surface area (Å²) in [6.07, 6.45) is -0.121. The van der Waals surface area contributed by atoms with Gasteiger partial charge in [-0.3, -0.25) is 29.4 Å². The maximum absolute atomic E-state index is 13.5. The number of fused-ring (bicyclic) bond motifs is 1. The molecule has 4 atom stereocenters. The van der Waals surface area contributed by atoms with Crippen LogP contribution in [-0.2, 0) is 25.6 Å². The molecule has 1 N–H and O–H groups in total. The van der Waals surface area contributed by atoms with Crippen molar-refractivity contribution in [1.29, 1.82) is 0 Å². The fraction of sp³-hybridized carbons (Fsp3) is 0.333. The maximum atomic E-state index is 13.5. The van der Waals surface area contributed by atoms with Crippen molar-refractivity contribution in [3.05, 3.63) is 62.3 Å². The van der Waals surface area contributed by atoms with Gasteiger partial charge >= 0.3 is 5.97 Å². The van der Waals surface area contributed by atoms with Gasteiger partial charge in [-0.1, -0.05) is 18.2 Å². The molecule has 2 aromatic rings. The molecule has 0 saturated carbocycles. The van der Waals surface area contributed by atoms with Crippen LogP contribution in [0.3, 0.4) is 0 Å². The molecule has 1 aromatic heterocycles. The molecule has 4 unspecified atom stereocenters. The zero-order valence-corrected chi connectivity index (χ0v) is 17.9. The molecule has 10 nitrogen and oxygen atoms in total. The van der Waals surface area contributed by atoms with E-state index in [-0.39, 0.29) is 17.7 Å². The van der Waals surface area contributed by atoms with E-state index >= 15 is 0 Å². The Kier molecular flexibility index (Phi) is 5.08. The molecule has 2 saturated heterocycles. The molecule has 166 valence electrons. The number of rotatable bonds is 5. The highest BCUT2D eigenvalue weighted by molar-refractivity contribution is 7.10. The van der Waals surface area contributed by atoms with Crippen molar-refractivity contribution in [2.75, 3.05) is 7.05 Å². The van der Waals surface area contributed by atoms with E-state index in [1.807, 2.05) is 0 Å². The van der Waals surface area contributed by atoms with Gasteiger partial charge in [-0.15, -0.1) is 11.3 Å². The predicted molar refractivity (Wildman–Crippen MR) is 112 cm³/mol. The van der Waals surface area contributed by atoms with Crippen molar-refractivity contribution in [2.24, 2.45) is 11.8 Å². The van der Waals surface area contributed by atoms with Gasteiger partial charge in [-0.25, -0.2) is 4.79 Å². The number of non-ortho nitro benzene ring substituents is 1. The molecule has 0 spiro atoms. The van der Waals surface area contributed by atoms with Crippen LogP contribution >= 0.6 is 11.3 Å². The second kappa shape index (κ2) is 7.52. The topological polar surface area (TPSA) is 138 Å². The number of thiophene rings is 1. The first kappa shape index (κ1) is 21.6. The summed E-state index contributed by atoms with van der Waals surface area (Å²) in [4.78, 5) is 65.3. The Morgan fingerprint density at radius 2 is 1.94 bits per heavy atom. The Labute approximate surface area is 186 Å². The number of nitro groups is 1. The SMILES string of the molecule is CN1C(=O)C2C(c3cccc([N+](=O)[O-])c3)N(C(=O)Cc3cccs3)C(C)(C(=O)O)C2C1=O. The summed E-state index contributed by atoms with van der Waals surface area (Å²) in [6, 6.07) is 7.73. The first-order valence-corrected chi connectivity index (χ1v) is 10.6. The van der Waals surface area contributed by atoms with Crippen molar-refractivity contribution in [2.45, 2.75) is 24.9 Å². The van der Waals surface area contributed by atoms with E-state index in [1.54, 1.807) is 17.5 Å². The number of carboxylic acids is 1. The molecule has 4 rings (SSSR count). The average molecular weight is 457 g/mol. The van der Waals surface area contributed by atoms with Gasteiger partial charge in [0.1, 0.15) is 0 Å². The smallest absolute Gasteiger partial charge is 0.330 e. The Morgan fingerprint density at radius 1 is 1.22 bits per heavy atom. The Bertz CT molecular complexity index is 1150. The van der Waals surface area contributed by atoms with E-state index in [2.05, 4.69) is 0 Å². The summed E-state index contributed by atoms with van der Waals surface area (Å²) in [5, 5.41) is 23.3. The molecule has 0 bridgehead atoms. The number of amides is 3. The van der Waals surface area contributed by atoms with Crippen molar-refractivity contribution in [3.8, 4) is 0 Å². The summed E-state index contributed by atoms with van der Waals surface area (Å²) < 4.78 is 0. The minimum atomic E-state index is -2.01. The Morgan fingerprint density at radius 3 is 2.53 bits per heavy atom. The van der Waals surface area contributed by atoms with E-state index in [4.69, 9.17) is 0 Å². The zero-order valence-electron chi connectivity index (χ0n) is 17.1. The fourth-order valence-corrected chi connectivity index (χ4v) is 5.52. The van der Waals surface area contributed by atoms with Crippen LogP contribution in [-0.4, -0.2) is 56.1 Å². The lowest BCUT2D eigenvalue weighted by Crippen LogP contribution is -2.57. The Balaban J connectivity index is 1.92. The number of hydrogen-bond acceptors (Lipinski definition) is 7. The number of carbonyl (C=O) groups is 4. The predicted octanol–water partition coefficient (Wildman–Crippen LogP) is 1.86. The highest BCUT2D eigenvalue weighted by Crippen LogP contribution is 2.55. The van der Waals surface area contributed by atoms with Crippen LogP contribution in [0.4, 0.5) is 5.69 Å². The highest BCUT2D eigenvalue weighted by Gasteiger charge is 2.71. The molecule has 11 heteroatoms. The van der Waals surface area contributed by atoms with Crippen molar-refractivity contribution < 1.29 is 29.2 Å². The highest BCUT2D eigenvalue weighted by atomic mass is 32.1. The van der Waals surface area contributed by atoms with Crippen LogP contribution in [0.5, 0.6) is 0 Å². The zero-order chi connectivity index (χ0) is 23.4. The van der Waals surface area contributed by atoms with E-state index in [9.17, 15) is 34.4 Å². The van der Waals surface area contributed by atoms with E-state index in [0.29, 0.717) is 4.88 Å². The molecule has 32 heavy (non-hydrogen) atoms. The third kappa shape index (κ3) is 3.00.